The highest BCUT2D eigenvalue weighted by Crippen LogP contribution is 2.30. The molecule has 25 heavy (non-hydrogen) atoms. The molecule has 0 radical (unpaired) electrons. The van der Waals surface area contributed by atoms with Gasteiger partial charge in [-0.15, -0.1) is 0 Å². The van der Waals surface area contributed by atoms with Gasteiger partial charge in [0, 0.05) is 13.7 Å². The first-order valence-electron chi connectivity index (χ1n) is 8.71. The fraction of sp³-hybridized carbons (Fsp3) is 0.684. The highest BCUT2D eigenvalue weighted by atomic mass is 16.5. The average Bonchev–Trinajstić information content (AvgIpc) is 2.65. The first-order valence-corrected chi connectivity index (χ1v) is 8.71. The van der Waals surface area contributed by atoms with Gasteiger partial charge in [0.05, 0.1) is 26.4 Å². The third-order valence-corrected chi connectivity index (χ3v) is 4.37. The largest absolute Gasteiger partial charge is 0.465 e. The lowest BCUT2D eigenvalue weighted by atomic mass is 9.84. The summed E-state index contributed by atoms with van der Waals surface area (Å²) in [4.78, 5) is 23.6. The molecule has 0 amide bonds. The molecule has 3 unspecified atom stereocenters. The number of allylic oxidation sites excluding steroid dienone is 3. The molecule has 0 spiro atoms. The zero-order valence-corrected chi connectivity index (χ0v) is 15.7. The minimum Gasteiger partial charge on any atom is -0.465 e. The van der Waals surface area contributed by atoms with Crippen molar-refractivity contribution in [2.45, 2.75) is 51.2 Å². The maximum Gasteiger partial charge on any atom is 0.344 e. The highest BCUT2D eigenvalue weighted by molar-refractivity contribution is 6.13. The smallest absolute Gasteiger partial charge is 0.344 e. The van der Waals surface area contributed by atoms with Gasteiger partial charge < -0.3 is 18.9 Å². The zero-order valence-electron chi connectivity index (χ0n) is 15.7. The van der Waals surface area contributed by atoms with Crippen LogP contribution in [0.2, 0.25) is 0 Å². The van der Waals surface area contributed by atoms with Gasteiger partial charge in [0.1, 0.15) is 5.57 Å². The quantitative estimate of drug-likeness (QED) is 0.158. The predicted octanol–water partition coefficient (Wildman–Crippen LogP) is 2.82. The topological polar surface area (TPSA) is 71.1 Å². The van der Waals surface area contributed by atoms with E-state index in [1.807, 2.05) is 13.0 Å². The molecule has 6 nitrogen and oxygen atoms in total. The van der Waals surface area contributed by atoms with Crippen molar-refractivity contribution in [3.05, 3.63) is 23.8 Å². The number of carbonyl (C=O) groups excluding carboxylic acids is 2. The van der Waals surface area contributed by atoms with Gasteiger partial charge in [0.15, 0.2) is 0 Å². The van der Waals surface area contributed by atoms with Crippen LogP contribution in [-0.4, -0.2) is 52.1 Å². The van der Waals surface area contributed by atoms with Crippen molar-refractivity contribution in [1.82, 2.24) is 0 Å². The van der Waals surface area contributed by atoms with Crippen LogP contribution in [0.25, 0.3) is 0 Å². The molecule has 0 N–H and O–H groups in total. The summed E-state index contributed by atoms with van der Waals surface area (Å²) in [6, 6.07) is 0. The summed E-state index contributed by atoms with van der Waals surface area (Å²) < 4.78 is 20.9. The van der Waals surface area contributed by atoms with Gasteiger partial charge in [-0.05, 0) is 44.9 Å². The number of hydrogen-bond acceptors (Lipinski definition) is 6. The van der Waals surface area contributed by atoms with Gasteiger partial charge in [-0.1, -0.05) is 18.2 Å². The molecule has 3 atom stereocenters. The number of esters is 2. The number of carbonyl (C=O) groups is 2. The van der Waals surface area contributed by atoms with Crippen LogP contribution in [0.15, 0.2) is 23.8 Å². The summed E-state index contributed by atoms with van der Waals surface area (Å²) in [5.74, 6) is -1.31. The van der Waals surface area contributed by atoms with Crippen LogP contribution in [0.4, 0.5) is 0 Å². The molecule has 6 heteroatoms. The van der Waals surface area contributed by atoms with Crippen LogP contribution in [0, 0.1) is 5.92 Å². The molecule has 1 rings (SSSR count). The summed E-state index contributed by atoms with van der Waals surface area (Å²) in [5.41, 5.74) is -0.0597. The number of ether oxygens (including phenoxy) is 4. The van der Waals surface area contributed by atoms with Crippen LogP contribution >= 0.6 is 0 Å². The Labute approximate surface area is 150 Å². The predicted molar refractivity (Wildman–Crippen MR) is 94.0 cm³/mol. The Hall–Kier alpha value is -1.66. The summed E-state index contributed by atoms with van der Waals surface area (Å²) in [6.45, 7) is 2.71. The minimum atomic E-state index is -0.678. The van der Waals surface area contributed by atoms with E-state index in [1.54, 1.807) is 13.2 Å². The molecule has 0 heterocycles. The molecule has 0 aliphatic heterocycles. The SMILES string of the molecule is C/C=C/CCCOC1CCC(C=C(C(=O)OC)C(=O)OC)CC1OC. The monoisotopic (exact) mass is 354 g/mol. The van der Waals surface area contributed by atoms with E-state index in [-0.39, 0.29) is 23.7 Å². The molecule has 1 fully saturated rings. The van der Waals surface area contributed by atoms with Crippen LogP contribution < -0.4 is 0 Å². The number of unbranched alkanes of at least 4 members (excludes halogenated alkanes) is 1. The molecule has 1 aliphatic rings. The number of methoxy groups -OCH3 is 3. The fourth-order valence-corrected chi connectivity index (χ4v) is 3.00. The minimum absolute atomic E-state index is 0.0416. The maximum atomic E-state index is 11.8. The molecule has 0 aromatic heterocycles. The molecule has 0 saturated heterocycles. The molecule has 0 bridgehead atoms. The molecule has 142 valence electrons. The van der Waals surface area contributed by atoms with E-state index in [2.05, 4.69) is 15.5 Å². The van der Waals surface area contributed by atoms with Gasteiger partial charge in [0.2, 0.25) is 0 Å². The molecule has 0 aromatic carbocycles. The lowest BCUT2D eigenvalue weighted by molar-refractivity contribution is -0.144. The Morgan fingerprint density at radius 3 is 2.28 bits per heavy atom. The van der Waals surface area contributed by atoms with Crippen LogP contribution in [0.5, 0.6) is 0 Å². The Balaban J connectivity index is 2.64. The Morgan fingerprint density at radius 1 is 1.04 bits per heavy atom. The second kappa shape index (κ2) is 11.8. The van der Waals surface area contributed by atoms with E-state index >= 15 is 0 Å². The third kappa shape index (κ3) is 7.00. The lowest BCUT2D eigenvalue weighted by Gasteiger charge is -2.34. The van der Waals surface area contributed by atoms with Crippen molar-refractivity contribution in [3.8, 4) is 0 Å². The second-order valence-corrected chi connectivity index (χ2v) is 6.03. The fourth-order valence-electron chi connectivity index (χ4n) is 3.00. The zero-order chi connectivity index (χ0) is 18.7. The molecule has 1 aliphatic carbocycles. The molecular weight excluding hydrogens is 324 g/mol. The number of rotatable bonds is 9. The van der Waals surface area contributed by atoms with Crippen LogP contribution in [0.1, 0.15) is 39.0 Å². The summed E-state index contributed by atoms with van der Waals surface area (Å²) in [5, 5.41) is 0. The van der Waals surface area contributed by atoms with E-state index in [4.69, 9.17) is 9.47 Å². The van der Waals surface area contributed by atoms with E-state index in [1.165, 1.54) is 14.2 Å². The van der Waals surface area contributed by atoms with Crippen molar-refractivity contribution in [3.63, 3.8) is 0 Å². The van der Waals surface area contributed by atoms with Gasteiger partial charge in [-0.25, -0.2) is 9.59 Å². The van der Waals surface area contributed by atoms with E-state index < -0.39 is 11.9 Å². The standard InChI is InChI=1S/C19H30O6/c1-5-6-7-8-11-25-16-10-9-14(13-17(16)22-2)12-15(18(20)23-3)19(21)24-4/h5-6,12,14,16-17H,7-11,13H2,1-4H3/b6-5+. The van der Waals surface area contributed by atoms with Gasteiger partial charge in [-0.3, -0.25) is 0 Å². The van der Waals surface area contributed by atoms with Gasteiger partial charge >= 0.3 is 11.9 Å². The second-order valence-electron chi connectivity index (χ2n) is 6.03. The van der Waals surface area contributed by atoms with Crippen molar-refractivity contribution in [2.24, 2.45) is 5.92 Å². The Kier molecular flexibility index (Phi) is 10.1. The van der Waals surface area contributed by atoms with E-state index in [9.17, 15) is 9.59 Å². The van der Waals surface area contributed by atoms with Crippen molar-refractivity contribution in [1.29, 1.82) is 0 Å². The van der Waals surface area contributed by atoms with Gasteiger partial charge in [-0.2, -0.15) is 0 Å². The third-order valence-electron chi connectivity index (χ3n) is 4.37. The molecular formula is C19H30O6. The average molecular weight is 354 g/mol. The first-order chi connectivity index (χ1) is 12.1. The van der Waals surface area contributed by atoms with Gasteiger partial charge in [0.25, 0.3) is 0 Å². The van der Waals surface area contributed by atoms with E-state index in [0.29, 0.717) is 13.0 Å². The summed E-state index contributed by atoms with van der Waals surface area (Å²) >= 11 is 0. The maximum absolute atomic E-state index is 11.8. The Bertz CT molecular complexity index is 464. The summed E-state index contributed by atoms with van der Waals surface area (Å²) in [6.07, 6.45) is 10.1. The van der Waals surface area contributed by atoms with E-state index in [0.717, 1.165) is 25.7 Å². The molecule has 1 saturated carbocycles. The van der Waals surface area contributed by atoms with Crippen LogP contribution in [-0.2, 0) is 28.5 Å². The normalized spacial score (nSPS) is 23.3. The Morgan fingerprint density at radius 2 is 1.72 bits per heavy atom. The summed E-state index contributed by atoms with van der Waals surface area (Å²) in [7, 11) is 4.15. The highest BCUT2D eigenvalue weighted by Gasteiger charge is 2.32. The van der Waals surface area contributed by atoms with Crippen molar-refractivity contribution < 1.29 is 28.5 Å². The van der Waals surface area contributed by atoms with Crippen molar-refractivity contribution >= 4 is 11.9 Å². The lowest BCUT2D eigenvalue weighted by Crippen LogP contribution is -2.37. The first kappa shape index (κ1) is 21.4. The molecule has 0 aromatic rings. The van der Waals surface area contributed by atoms with Crippen molar-refractivity contribution in [2.75, 3.05) is 27.9 Å². The van der Waals surface area contributed by atoms with Crippen LogP contribution in [0.3, 0.4) is 0 Å². The number of hydrogen-bond donors (Lipinski definition) is 0.